The Labute approximate surface area is 110 Å². The first-order valence-electron chi connectivity index (χ1n) is 6.02. The predicted octanol–water partition coefficient (Wildman–Crippen LogP) is 1.14. The standard InChI is InChI=1S/C13H15N3O3/c1-16-7-9(5-15-16)4-14-6-10-2-12-13(3-11(10)17)19-8-18-12/h2-3,5,7,14,17H,4,6,8H2,1H3. The third-order valence-electron chi connectivity index (χ3n) is 2.98. The van der Waals surface area contributed by atoms with E-state index in [2.05, 4.69) is 10.4 Å². The summed E-state index contributed by atoms with van der Waals surface area (Å²) in [4.78, 5) is 0. The lowest BCUT2D eigenvalue weighted by molar-refractivity contribution is 0.174. The molecule has 1 aromatic carbocycles. The topological polar surface area (TPSA) is 68.5 Å². The Hall–Kier alpha value is -2.21. The molecule has 2 aromatic rings. The molecule has 0 atom stereocenters. The zero-order valence-corrected chi connectivity index (χ0v) is 10.6. The number of nitrogens with zero attached hydrogens (tertiary/aromatic N) is 2. The van der Waals surface area contributed by atoms with Crippen LogP contribution in [-0.2, 0) is 20.1 Å². The number of nitrogens with one attached hydrogen (secondary N) is 1. The van der Waals surface area contributed by atoms with Crippen molar-refractivity contribution >= 4 is 0 Å². The number of fused-ring (bicyclic) bond motifs is 1. The first-order valence-corrected chi connectivity index (χ1v) is 6.02. The Morgan fingerprint density at radius 1 is 1.32 bits per heavy atom. The van der Waals surface area contributed by atoms with Crippen LogP contribution in [0.1, 0.15) is 11.1 Å². The minimum Gasteiger partial charge on any atom is -0.507 e. The first-order chi connectivity index (χ1) is 9.22. The molecule has 6 heteroatoms. The Bertz CT molecular complexity index is 595. The minimum atomic E-state index is 0.210. The normalized spacial score (nSPS) is 12.9. The summed E-state index contributed by atoms with van der Waals surface area (Å²) in [6.45, 7) is 1.46. The monoisotopic (exact) mass is 261 g/mol. The van der Waals surface area contributed by atoms with E-state index in [-0.39, 0.29) is 12.5 Å². The minimum absolute atomic E-state index is 0.210. The van der Waals surface area contributed by atoms with Gasteiger partial charge in [-0.1, -0.05) is 0 Å². The van der Waals surface area contributed by atoms with Crippen molar-refractivity contribution in [1.82, 2.24) is 15.1 Å². The molecular weight excluding hydrogens is 246 g/mol. The van der Waals surface area contributed by atoms with Crippen LogP contribution in [0.5, 0.6) is 17.2 Å². The average molecular weight is 261 g/mol. The van der Waals surface area contributed by atoms with Crippen LogP contribution in [0.2, 0.25) is 0 Å². The van der Waals surface area contributed by atoms with Crippen molar-refractivity contribution in [2.45, 2.75) is 13.1 Å². The van der Waals surface area contributed by atoms with Gasteiger partial charge in [-0.3, -0.25) is 4.68 Å². The van der Waals surface area contributed by atoms with Crippen LogP contribution in [0, 0.1) is 0 Å². The van der Waals surface area contributed by atoms with Crippen LogP contribution in [0.15, 0.2) is 24.5 Å². The van der Waals surface area contributed by atoms with E-state index >= 15 is 0 Å². The fraction of sp³-hybridized carbons (Fsp3) is 0.308. The highest BCUT2D eigenvalue weighted by Crippen LogP contribution is 2.37. The third-order valence-corrected chi connectivity index (χ3v) is 2.98. The molecular formula is C13H15N3O3. The lowest BCUT2D eigenvalue weighted by Gasteiger charge is -2.07. The van der Waals surface area contributed by atoms with Crippen molar-refractivity contribution < 1.29 is 14.6 Å². The lowest BCUT2D eigenvalue weighted by atomic mass is 10.1. The summed E-state index contributed by atoms with van der Waals surface area (Å²) in [6, 6.07) is 3.39. The molecule has 1 aliphatic heterocycles. The summed E-state index contributed by atoms with van der Waals surface area (Å²) in [6.07, 6.45) is 3.76. The number of hydrogen-bond donors (Lipinski definition) is 2. The first kappa shape index (κ1) is 11.9. The molecule has 100 valence electrons. The number of hydrogen-bond acceptors (Lipinski definition) is 5. The van der Waals surface area contributed by atoms with Gasteiger partial charge in [-0.25, -0.2) is 0 Å². The van der Waals surface area contributed by atoms with E-state index in [4.69, 9.17) is 9.47 Å². The van der Waals surface area contributed by atoms with E-state index in [0.29, 0.717) is 24.6 Å². The molecule has 6 nitrogen and oxygen atoms in total. The summed E-state index contributed by atoms with van der Waals surface area (Å²) >= 11 is 0. The van der Waals surface area contributed by atoms with Crippen LogP contribution in [0.4, 0.5) is 0 Å². The van der Waals surface area contributed by atoms with Crippen molar-refractivity contribution in [2.24, 2.45) is 7.05 Å². The molecule has 0 amide bonds. The largest absolute Gasteiger partial charge is 0.507 e. The fourth-order valence-electron chi connectivity index (χ4n) is 2.02. The number of ether oxygens (including phenoxy) is 2. The van der Waals surface area contributed by atoms with Gasteiger partial charge in [0.05, 0.1) is 6.20 Å². The second kappa shape index (κ2) is 4.81. The second-order valence-corrected chi connectivity index (χ2v) is 4.46. The molecule has 3 rings (SSSR count). The van der Waals surface area contributed by atoms with Gasteiger partial charge in [0.15, 0.2) is 11.5 Å². The van der Waals surface area contributed by atoms with Gasteiger partial charge in [0.1, 0.15) is 5.75 Å². The van der Waals surface area contributed by atoms with Gasteiger partial charge in [0.2, 0.25) is 6.79 Å². The predicted molar refractivity (Wildman–Crippen MR) is 68.0 cm³/mol. The van der Waals surface area contributed by atoms with Gasteiger partial charge in [-0.2, -0.15) is 5.10 Å². The van der Waals surface area contributed by atoms with Gasteiger partial charge in [0.25, 0.3) is 0 Å². The molecule has 0 saturated carbocycles. The molecule has 0 unspecified atom stereocenters. The average Bonchev–Trinajstić information content (AvgIpc) is 2.98. The zero-order valence-electron chi connectivity index (χ0n) is 10.6. The molecule has 1 aromatic heterocycles. The Morgan fingerprint density at radius 3 is 2.84 bits per heavy atom. The van der Waals surface area contributed by atoms with Crippen LogP contribution < -0.4 is 14.8 Å². The van der Waals surface area contributed by atoms with Crippen molar-refractivity contribution in [3.05, 3.63) is 35.7 Å². The van der Waals surface area contributed by atoms with E-state index in [1.165, 1.54) is 0 Å². The van der Waals surface area contributed by atoms with Crippen molar-refractivity contribution in [3.63, 3.8) is 0 Å². The highest BCUT2D eigenvalue weighted by Gasteiger charge is 2.16. The lowest BCUT2D eigenvalue weighted by Crippen LogP contribution is -2.12. The van der Waals surface area contributed by atoms with Crippen LogP contribution in [0.3, 0.4) is 0 Å². The number of aryl methyl sites for hydroxylation is 1. The number of aromatic hydroxyl groups is 1. The van der Waals surface area contributed by atoms with E-state index < -0.39 is 0 Å². The van der Waals surface area contributed by atoms with Crippen LogP contribution in [0.25, 0.3) is 0 Å². The number of rotatable bonds is 4. The van der Waals surface area contributed by atoms with Crippen LogP contribution in [-0.4, -0.2) is 21.7 Å². The molecule has 0 aliphatic carbocycles. The van der Waals surface area contributed by atoms with Crippen LogP contribution >= 0.6 is 0 Å². The molecule has 0 saturated heterocycles. The molecule has 0 fully saturated rings. The van der Waals surface area contributed by atoms with Crippen molar-refractivity contribution in [1.29, 1.82) is 0 Å². The number of phenolic OH excluding ortho intramolecular Hbond substituents is 1. The smallest absolute Gasteiger partial charge is 0.231 e. The second-order valence-electron chi connectivity index (χ2n) is 4.46. The Kier molecular flexibility index (Phi) is 3.00. The zero-order chi connectivity index (χ0) is 13.2. The summed E-state index contributed by atoms with van der Waals surface area (Å²) in [5.74, 6) is 1.48. The maximum Gasteiger partial charge on any atom is 0.231 e. The van der Waals surface area contributed by atoms with Gasteiger partial charge in [0, 0.05) is 43.5 Å². The van der Waals surface area contributed by atoms with E-state index in [1.54, 1.807) is 16.8 Å². The highest BCUT2D eigenvalue weighted by molar-refractivity contribution is 5.51. The number of aromatic nitrogens is 2. The summed E-state index contributed by atoms with van der Waals surface area (Å²) in [5, 5.41) is 17.2. The quantitative estimate of drug-likeness (QED) is 0.864. The SMILES string of the molecule is Cn1cc(CNCc2cc3c(cc2O)OCO3)cn1. The van der Waals surface area contributed by atoms with E-state index in [1.807, 2.05) is 19.4 Å². The molecule has 0 radical (unpaired) electrons. The van der Waals surface area contributed by atoms with Gasteiger partial charge in [-0.05, 0) is 6.07 Å². The maximum atomic E-state index is 9.88. The summed E-state index contributed by atoms with van der Waals surface area (Å²) < 4.78 is 12.2. The van der Waals surface area contributed by atoms with Crippen molar-refractivity contribution in [2.75, 3.05) is 6.79 Å². The highest BCUT2D eigenvalue weighted by atomic mass is 16.7. The molecule has 2 heterocycles. The van der Waals surface area contributed by atoms with Crippen molar-refractivity contribution in [3.8, 4) is 17.2 Å². The van der Waals surface area contributed by atoms with E-state index in [0.717, 1.165) is 11.1 Å². The number of phenols is 1. The third kappa shape index (κ3) is 2.48. The summed E-state index contributed by atoms with van der Waals surface area (Å²) in [7, 11) is 1.88. The van der Waals surface area contributed by atoms with E-state index in [9.17, 15) is 5.11 Å². The molecule has 19 heavy (non-hydrogen) atoms. The Morgan fingerprint density at radius 2 is 2.11 bits per heavy atom. The molecule has 1 aliphatic rings. The van der Waals surface area contributed by atoms with Gasteiger partial charge in [-0.15, -0.1) is 0 Å². The maximum absolute atomic E-state index is 9.88. The number of benzene rings is 1. The molecule has 0 spiro atoms. The van der Waals surface area contributed by atoms with Gasteiger partial charge >= 0.3 is 0 Å². The summed E-state index contributed by atoms with van der Waals surface area (Å²) in [5.41, 5.74) is 1.89. The van der Waals surface area contributed by atoms with Gasteiger partial charge < -0.3 is 19.9 Å². The Balaban J connectivity index is 1.64. The molecule has 2 N–H and O–H groups in total. The fourth-order valence-corrected chi connectivity index (χ4v) is 2.02. The molecule has 0 bridgehead atoms.